The average molecular weight is 287 g/mol. The molecule has 4 atom stereocenters. The molecule has 3 aliphatic carbocycles. The van der Waals surface area contributed by atoms with Gasteiger partial charge in [-0.05, 0) is 55.8 Å². The van der Waals surface area contributed by atoms with Crippen molar-refractivity contribution in [2.75, 3.05) is 6.54 Å². The maximum absolute atomic E-state index is 12.3. The molecule has 0 saturated heterocycles. The Balaban J connectivity index is 0.00000133. The van der Waals surface area contributed by atoms with Crippen LogP contribution in [0.4, 0.5) is 0 Å². The van der Waals surface area contributed by atoms with E-state index >= 15 is 0 Å². The molecular formula is C15H27ClN2O. The van der Waals surface area contributed by atoms with Crippen molar-refractivity contribution in [3.05, 3.63) is 0 Å². The molecule has 3 saturated carbocycles. The minimum absolute atomic E-state index is 0. The predicted octanol–water partition coefficient (Wildman–Crippen LogP) is 2.48. The number of nitrogens with two attached hydrogens (primary N) is 1. The van der Waals surface area contributed by atoms with Crippen molar-refractivity contribution in [2.45, 2.75) is 57.9 Å². The molecule has 0 spiro atoms. The summed E-state index contributed by atoms with van der Waals surface area (Å²) in [7, 11) is 0. The third kappa shape index (κ3) is 2.78. The molecule has 3 rings (SSSR count). The van der Waals surface area contributed by atoms with Crippen LogP contribution in [0.2, 0.25) is 0 Å². The van der Waals surface area contributed by atoms with E-state index in [4.69, 9.17) is 5.73 Å². The Morgan fingerprint density at radius 2 is 2.00 bits per heavy atom. The monoisotopic (exact) mass is 286 g/mol. The summed E-state index contributed by atoms with van der Waals surface area (Å²) in [5.41, 5.74) is 6.67. The molecule has 4 heteroatoms. The molecule has 3 nitrogen and oxygen atoms in total. The lowest BCUT2D eigenvalue weighted by Gasteiger charge is -2.28. The highest BCUT2D eigenvalue weighted by Crippen LogP contribution is 2.50. The Bertz CT molecular complexity index is 341. The third-order valence-electron chi connectivity index (χ3n) is 5.66. The molecule has 0 aromatic carbocycles. The maximum atomic E-state index is 12.3. The topological polar surface area (TPSA) is 55.1 Å². The van der Waals surface area contributed by atoms with E-state index in [1.54, 1.807) is 0 Å². The number of hydrogen-bond donors (Lipinski definition) is 2. The van der Waals surface area contributed by atoms with E-state index in [9.17, 15) is 4.79 Å². The standard InChI is InChI=1S/C15H26N2O.ClH/c1-2-5-15(6-7-15)9-17-14(18)12-10-3-4-11(8-10)13(12)16;/h10-13H,2-9,16H2,1H3,(H,17,18);1H. The number of nitrogens with one attached hydrogen (secondary N) is 1. The van der Waals surface area contributed by atoms with Crippen LogP contribution in [0.3, 0.4) is 0 Å². The van der Waals surface area contributed by atoms with Crippen molar-refractivity contribution in [1.29, 1.82) is 0 Å². The second kappa shape index (κ2) is 5.61. The highest BCUT2D eigenvalue weighted by Gasteiger charge is 2.49. The van der Waals surface area contributed by atoms with Crippen LogP contribution in [0.1, 0.15) is 51.9 Å². The van der Waals surface area contributed by atoms with Gasteiger partial charge in [0.05, 0.1) is 5.92 Å². The molecule has 110 valence electrons. The van der Waals surface area contributed by atoms with Crippen LogP contribution >= 0.6 is 12.4 Å². The quantitative estimate of drug-likeness (QED) is 0.816. The minimum Gasteiger partial charge on any atom is -0.355 e. The van der Waals surface area contributed by atoms with Gasteiger partial charge < -0.3 is 11.1 Å². The van der Waals surface area contributed by atoms with Crippen molar-refractivity contribution in [3.8, 4) is 0 Å². The zero-order valence-corrected chi connectivity index (χ0v) is 12.7. The van der Waals surface area contributed by atoms with Gasteiger partial charge in [-0.1, -0.05) is 13.3 Å². The molecular weight excluding hydrogens is 260 g/mol. The van der Waals surface area contributed by atoms with E-state index in [2.05, 4.69) is 12.2 Å². The molecule has 4 unspecified atom stereocenters. The minimum atomic E-state index is 0. The third-order valence-corrected chi connectivity index (χ3v) is 5.66. The number of amides is 1. The summed E-state index contributed by atoms with van der Waals surface area (Å²) in [6, 6.07) is 0.130. The van der Waals surface area contributed by atoms with E-state index in [0.717, 1.165) is 6.54 Å². The van der Waals surface area contributed by atoms with Crippen LogP contribution in [-0.2, 0) is 4.79 Å². The fourth-order valence-corrected chi connectivity index (χ4v) is 4.34. The molecule has 3 N–H and O–H groups in total. The van der Waals surface area contributed by atoms with Gasteiger partial charge in [-0.3, -0.25) is 4.79 Å². The first-order valence-corrected chi connectivity index (χ1v) is 7.68. The number of rotatable bonds is 5. The van der Waals surface area contributed by atoms with Crippen LogP contribution in [0, 0.1) is 23.2 Å². The maximum Gasteiger partial charge on any atom is 0.224 e. The van der Waals surface area contributed by atoms with Crippen LogP contribution in [-0.4, -0.2) is 18.5 Å². The van der Waals surface area contributed by atoms with Crippen molar-refractivity contribution in [3.63, 3.8) is 0 Å². The van der Waals surface area contributed by atoms with Gasteiger partial charge in [0.2, 0.25) is 5.91 Å². The second-order valence-electron chi connectivity index (χ2n) is 6.90. The molecule has 19 heavy (non-hydrogen) atoms. The van der Waals surface area contributed by atoms with Crippen LogP contribution in [0.5, 0.6) is 0 Å². The lowest BCUT2D eigenvalue weighted by atomic mass is 9.84. The average Bonchev–Trinajstić information content (AvgIpc) is 2.83. The van der Waals surface area contributed by atoms with Crippen molar-refractivity contribution in [2.24, 2.45) is 28.9 Å². The molecule has 2 bridgehead atoms. The zero-order chi connectivity index (χ0) is 12.8. The SMILES string of the molecule is CCCC1(CNC(=O)C2C3CCC(C3)C2N)CC1.Cl. The Morgan fingerprint density at radius 3 is 2.53 bits per heavy atom. The summed E-state index contributed by atoms with van der Waals surface area (Å²) in [6.07, 6.45) is 8.73. The Morgan fingerprint density at radius 1 is 1.32 bits per heavy atom. The van der Waals surface area contributed by atoms with Crippen LogP contribution in [0.15, 0.2) is 0 Å². The number of halogens is 1. The Kier molecular flexibility index (Phi) is 4.46. The molecule has 3 aliphatic rings. The Hall–Kier alpha value is -0.280. The smallest absolute Gasteiger partial charge is 0.224 e. The summed E-state index contributed by atoms with van der Waals surface area (Å²) in [6.45, 7) is 3.12. The van der Waals surface area contributed by atoms with Crippen molar-refractivity contribution in [1.82, 2.24) is 5.32 Å². The predicted molar refractivity (Wildman–Crippen MR) is 79.1 cm³/mol. The highest BCUT2D eigenvalue weighted by molar-refractivity contribution is 5.85. The summed E-state index contributed by atoms with van der Waals surface area (Å²) >= 11 is 0. The van der Waals surface area contributed by atoms with Crippen molar-refractivity contribution < 1.29 is 4.79 Å². The van der Waals surface area contributed by atoms with Gasteiger partial charge in [-0.25, -0.2) is 0 Å². The molecule has 1 amide bonds. The summed E-state index contributed by atoms with van der Waals surface area (Å²) < 4.78 is 0. The first-order chi connectivity index (χ1) is 8.65. The van der Waals surface area contributed by atoms with E-state index < -0.39 is 0 Å². The fourth-order valence-electron chi connectivity index (χ4n) is 4.34. The van der Waals surface area contributed by atoms with Gasteiger partial charge in [0.1, 0.15) is 0 Å². The lowest BCUT2D eigenvalue weighted by molar-refractivity contribution is -0.127. The second-order valence-corrected chi connectivity index (χ2v) is 6.90. The van der Waals surface area contributed by atoms with Crippen LogP contribution in [0.25, 0.3) is 0 Å². The summed E-state index contributed by atoms with van der Waals surface area (Å²) in [5, 5.41) is 3.21. The van der Waals surface area contributed by atoms with Gasteiger partial charge in [0, 0.05) is 12.6 Å². The zero-order valence-electron chi connectivity index (χ0n) is 11.9. The van der Waals surface area contributed by atoms with Crippen LogP contribution < -0.4 is 11.1 Å². The lowest BCUT2D eigenvalue weighted by Crippen LogP contribution is -2.46. The van der Waals surface area contributed by atoms with Gasteiger partial charge in [-0.2, -0.15) is 0 Å². The largest absolute Gasteiger partial charge is 0.355 e. The van der Waals surface area contributed by atoms with Crippen molar-refractivity contribution >= 4 is 18.3 Å². The van der Waals surface area contributed by atoms with E-state index in [1.165, 1.54) is 44.9 Å². The van der Waals surface area contributed by atoms with Gasteiger partial charge in [0.15, 0.2) is 0 Å². The summed E-state index contributed by atoms with van der Waals surface area (Å²) in [5.74, 6) is 1.56. The number of fused-ring (bicyclic) bond motifs is 2. The fraction of sp³-hybridized carbons (Fsp3) is 0.933. The first-order valence-electron chi connectivity index (χ1n) is 7.68. The molecule has 3 fully saturated rings. The van der Waals surface area contributed by atoms with E-state index in [0.29, 0.717) is 17.3 Å². The van der Waals surface area contributed by atoms with Gasteiger partial charge in [0.25, 0.3) is 0 Å². The highest BCUT2D eigenvalue weighted by atomic mass is 35.5. The molecule has 0 aliphatic heterocycles. The molecule has 0 aromatic heterocycles. The van der Waals surface area contributed by atoms with Gasteiger partial charge in [-0.15, -0.1) is 12.4 Å². The molecule has 0 aromatic rings. The van der Waals surface area contributed by atoms with E-state index in [1.807, 2.05) is 0 Å². The Labute approximate surface area is 122 Å². The number of carbonyl (C=O) groups excluding carboxylic acids is 1. The number of hydrogen-bond acceptors (Lipinski definition) is 2. The summed E-state index contributed by atoms with van der Waals surface area (Å²) in [4.78, 5) is 12.3. The molecule has 0 radical (unpaired) electrons. The van der Waals surface area contributed by atoms with Gasteiger partial charge >= 0.3 is 0 Å². The molecule has 0 heterocycles. The van der Waals surface area contributed by atoms with E-state index in [-0.39, 0.29) is 30.3 Å². The number of carbonyl (C=O) groups is 1. The normalized spacial score (nSPS) is 37.8. The first kappa shape index (κ1) is 15.1.